The molecule has 0 saturated carbocycles. The number of furan rings is 1. The second kappa shape index (κ2) is 5.29. The van der Waals surface area contributed by atoms with E-state index in [1.807, 2.05) is 0 Å². The number of methoxy groups -OCH3 is 1. The van der Waals surface area contributed by atoms with E-state index in [0.717, 1.165) is 0 Å². The average Bonchev–Trinajstić information content (AvgIpc) is 2.70. The van der Waals surface area contributed by atoms with Crippen molar-refractivity contribution in [1.29, 1.82) is 0 Å². The molecule has 0 aliphatic carbocycles. The van der Waals surface area contributed by atoms with Gasteiger partial charge in [-0.3, -0.25) is 0 Å². The molecule has 0 bridgehead atoms. The molecule has 0 spiro atoms. The minimum atomic E-state index is -0.620. The van der Waals surface area contributed by atoms with Crippen molar-refractivity contribution in [3.63, 3.8) is 0 Å². The van der Waals surface area contributed by atoms with Crippen LogP contribution >= 0.6 is 0 Å². The van der Waals surface area contributed by atoms with Crippen molar-refractivity contribution >= 4 is 6.09 Å². The molecule has 0 aromatic carbocycles. The molecular formula is C9H13NO4. The van der Waals surface area contributed by atoms with Gasteiger partial charge in [-0.1, -0.05) is 0 Å². The molecule has 1 aromatic rings. The number of carbonyl (C=O) groups excluding carboxylic acids is 1. The van der Waals surface area contributed by atoms with Gasteiger partial charge in [0.1, 0.15) is 0 Å². The molecule has 5 heteroatoms. The summed E-state index contributed by atoms with van der Waals surface area (Å²) in [5, 5.41) is 12.0. The Hall–Kier alpha value is -1.49. The van der Waals surface area contributed by atoms with Crippen LogP contribution in [0.4, 0.5) is 4.79 Å². The summed E-state index contributed by atoms with van der Waals surface area (Å²) < 4.78 is 9.18. The number of amides is 1. The van der Waals surface area contributed by atoms with Crippen LogP contribution in [0.3, 0.4) is 0 Å². The molecule has 78 valence electrons. The summed E-state index contributed by atoms with van der Waals surface area (Å²) in [6.45, 7) is 0.360. The van der Waals surface area contributed by atoms with Gasteiger partial charge in [-0.15, -0.1) is 0 Å². The molecule has 1 unspecified atom stereocenters. The SMILES string of the molecule is COC(=O)NCCC(O)c1ccoc1. The van der Waals surface area contributed by atoms with Crippen molar-refractivity contribution < 1.29 is 19.1 Å². The monoisotopic (exact) mass is 199 g/mol. The predicted octanol–water partition coefficient (Wildman–Crippen LogP) is 1.06. The van der Waals surface area contributed by atoms with Gasteiger partial charge in [0.25, 0.3) is 0 Å². The second-order valence-electron chi connectivity index (χ2n) is 2.78. The lowest BCUT2D eigenvalue weighted by Gasteiger charge is -2.08. The van der Waals surface area contributed by atoms with Crippen molar-refractivity contribution in [1.82, 2.24) is 5.32 Å². The van der Waals surface area contributed by atoms with E-state index in [1.165, 1.54) is 19.6 Å². The van der Waals surface area contributed by atoms with Gasteiger partial charge in [0.05, 0.1) is 25.7 Å². The Morgan fingerprint density at radius 1 is 1.79 bits per heavy atom. The van der Waals surface area contributed by atoms with Gasteiger partial charge < -0.3 is 19.6 Å². The summed E-state index contributed by atoms with van der Waals surface area (Å²) in [7, 11) is 1.29. The summed E-state index contributed by atoms with van der Waals surface area (Å²) in [5.41, 5.74) is 0.705. The lowest BCUT2D eigenvalue weighted by molar-refractivity contribution is 0.154. The number of hydrogen-bond donors (Lipinski definition) is 2. The first kappa shape index (κ1) is 10.6. The van der Waals surface area contributed by atoms with Crippen LogP contribution in [0, 0.1) is 0 Å². The number of carbonyl (C=O) groups is 1. The minimum absolute atomic E-state index is 0.360. The maximum Gasteiger partial charge on any atom is 0.406 e. The predicted molar refractivity (Wildman–Crippen MR) is 48.7 cm³/mol. The molecule has 5 nitrogen and oxygen atoms in total. The molecule has 1 heterocycles. The van der Waals surface area contributed by atoms with Crippen molar-refractivity contribution in [3.8, 4) is 0 Å². The first-order valence-electron chi connectivity index (χ1n) is 4.26. The zero-order chi connectivity index (χ0) is 10.4. The highest BCUT2D eigenvalue weighted by Crippen LogP contribution is 2.15. The summed E-state index contributed by atoms with van der Waals surface area (Å²) in [4.78, 5) is 10.6. The molecule has 1 aromatic heterocycles. The Bertz CT molecular complexity index is 270. The third-order valence-electron chi connectivity index (χ3n) is 1.80. The average molecular weight is 199 g/mol. The van der Waals surface area contributed by atoms with Gasteiger partial charge in [-0.25, -0.2) is 4.79 Å². The third kappa shape index (κ3) is 3.10. The number of ether oxygens (including phenoxy) is 1. The first-order valence-corrected chi connectivity index (χ1v) is 4.26. The van der Waals surface area contributed by atoms with Crippen molar-refractivity contribution in [2.45, 2.75) is 12.5 Å². The fraction of sp³-hybridized carbons (Fsp3) is 0.444. The maximum atomic E-state index is 10.6. The smallest absolute Gasteiger partial charge is 0.406 e. The number of alkyl carbamates (subject to hydrolysis) is 1. The van der Waals surface area contributed by atoms with Crippen molar-refractivity contribution in [2.24, 2.45) is 0 Å². The lowest BCUT2D eigenvalue weighted by atomic mass is 10.1. The number of hydrogen-bond acceptors (Lipinski definition) is 4. The van der Waals surface area contributed by atoms with E-state index in [9.17, 15) is 9.90 Å². The van der Waals surface area contributed by atoms with E-state index in [0.29, 0.717) is 18.5 Å². The Labute approximate surface area is 81.7 Å². The Morgan fingerprint density at radius 2 is 2.57 bits per heavy atom. The van der Waals surface area contributed by atoms with E-state index in [-0.39, 0.29) is 0 Å². The standard InChI is InChI=1S/C9H13NO4/c1-13-9(12)10-4-2-8(11)7-3-5-14-6-7/h3,5-6,8,11H,2,4H2,1H3,(H,10,12). The fourth-order valence-electron chi connectivity index (χ4n) is 1.01. The molecular weight excluding hydrogens is 186 g/mol. The largest absolute Gasteiger partial charge is 0.472 e. The number of nitrogens with one attached hydrogen (secondary N) is 1. The van der Waals surface area contributed by atoms with Gasteiger partial charge in [0, 0.05) is 12.1 Å². The number of rotatable bonds is 4. The van der Waals surface area contributed by atoms with Crippen LogP contribution in [0.5, 0.6) is 0 Å². The first-order chi connectivity index (χ1) is 6.74. The highest BCUT2D eigenvalue weighted by Gasteiger charge is 2.08. The molecule has 0 radical (unpaired) electrons. The second-order valence-corrected chi connectivity index (χ2v) is 2.78. The topological polar surface area (TPSA) is 71.7 Å². The molecule has 1 amide bonds. The molecule has 0 saturated heterocycles. The van der Waals surface area contributed by atoms with Gasteiger partial charge in [0.15, 0.2) is 0 Å². The van der Waals surface area contributed by atoms with Gasteiger partial charge in [-0.2, -0.15) is 0 Å². The molecule has 0 aliphatic heterocycles. The highest BCUT2D eigenvalue weighted by molar-refractivity contribution is 5.66. The lowest BCUT2D eigenvalue weighted by Crippen LogP contribution is -2.25. The van der Waals surface area contributed by atoms with Gasteiger partial charge >= 0.3 is 6.09 Å². The van der Waals surface area contributed by atoms with Crippen molar-refractivity contribution in [3.05, 3.63) is 24.2 Å². The van der Waals surface area contributed by atoms with Crippen LogP contribution in [-0.4, -0.2) is 24.9 Å². The molecule has 1 rings (SSSR count). The Balaban J connectivity index is 2.22. The maximum absolute atomic E-state index is 10.6. The minimum Gasteiger partial charge on any atom is -0.472 e. The Morgan fingerprint density at radius 3 is 3.14 bits per heavy atom. The van der Waals surface area contributed by atoms with E-state index < -0.39 is 12.2 Å². The van der Waals surface area contributed by atoms with Crippen LogP contribution in [0.25, 0.3) is 0 Å². The quantitative estimate of drug-likeness (QED) is 0.760. The van der Waals surface area contributed by atoms with Crippen LogP contribution in [0.1, 0.15) is 18.1 Å². The zero-order valence-corrected chi connectivity index (χ0v) is 7.90. The van der Waals surface area contributed by atoms with Crippen LogP contribution < -0.4 is 5.32 Å². The summed E-state index contributed by atoms with van der Waals surface area (Å²) in [6, 6.07) is 1.68. The van der Waals surface area contributed by atoms with Gasteiger partial charge in [-0.05, 0) is 12.5 Å². The summed E-state index contributed by atoms with van der Waals surface area (Å²) in [6.07, 6.45) is 2.28. The third-order valence-corrected chi connectivity index (χ3v) is 1.80. The van der Waals surface area contributed by atoms with Gasteiger partial charge in [0.2, 0.25) is 0 Å². The Kier molecular flexibility index (Phi) is 4.00. The fourth-order valence-corrected chi connectivity index (χ4v) is 1.01. The molecule has 0 aliphatic rings. The number of aliphatic hydroxyl groups is 1. The molecule has 14 heavy (non-hydrogen) atoms. The van der Waals surface area contributed by atoms with E-state index in [4.69, 9.17) is 4.42 Å². The van der Waals surface area contributed by atoms with E-state index >= 15 is 0 Å². The summed E-state index contributed by atoms with van der Waals surface area (Å²) in [5.74, 6) is 0. The van der Waals surface area contributed by atoms with E-state index in [2.05, 4.69) is 10.1 Å². The summed E-state index contributed by atoms with van der Waals surface area (Å²) >= 11 is 0. The molecule has 1 atom stereocenters. The van der Waals surface area contributed by atoms with Crippen LogP contribution in [0.2, 0.25) is 0 Å². The van der Waals surface area contributed by atoms with Crippen LogP contribution in [-0.2, 0) is 4.74 Å². The molecule has 2 N–H and O–H groups in total. The highest BCUT2D eigenvalue weighted by atomic mass is 16.5. The molecule has 0 fully saturated rings. The zero-order valence-electron chi connectivity index (χ0n) is 7.90. The van der Waals surface area contributed by atoms with Crippen LogP contribution in [0.15, 0.2) is 23.0 Å². The number of aliphatic hydroxyl groups excluding tert-OH is 1. The van der Waals surface area contributed by atoms with E-state index in [1.54, 1.807) is 6.07 Å². The van der Waals surface area contributed by atoms with Crippen molar-refractivity contribution in [2.75, 3.05) is 13.7 Å². The normalized spacial score (nSPS) is 12.1.